The van der Waals surface area contributed by atoms with Gasteiger partial charge in [-0.05, 0) is 0 Å². The number of nitriles is 1. The molecular formula is C4H4N4. The molecule has 0 spiro atoms. The first-order valence-corrected chi connectivity index (χ1v) is 1.76. The van der Waals surface area contributed by atoms with E-state index < -0.39 is 5.71 Å². The van der Waals surface area contributed by atoms with Crippen LogP contribution in [0.5, 0.6) is 0 Å². The highest BCUT2D eigenvalue weighted by molar-refractivity contribution is 6.13. The molecule has 0 aromatic heterocycles. The van der Waals surface area contributed by atoms with Gasteiger partial charge in [-0.1, -0.05) is 0 Å². The normalized spacial score (nSPS) is 6.38. The van der Waals surface area contributed by atoms with Gasteiger partial charge in [0.25, 0.3) is 0 Å². The van der Waals surface area contributed by atoms with Gasteiger partial charge >= 0.3 is 0 Å². The van der Waals surface area contributed by atoms with Gasteiger partial charge in [-0.25, -0.2) is 0 Å². The van der Waals surface area contributed by atoms with E-state index in [1.165, 1.54) is 6.07 Å². The maximum Gasteiger partial charge on any atom is 0.165 e. The Labute approximate surface area is 46.2 Å². The molecule has 0 bridgehead atoms. The molecule has 0 aromatic rings. The minimum Gasteiger partial charge on any atom is -0.389 e. The lowest BCUT2D eigenvalue weighted by Gasteiger charge is -1.82. The minimum absolute atomic E-state index is 0.229. The first kappa shape index (κ1) is 6.41. The summed E-state index contributed by atoms with van der Waals surface area (Å²) in [4.78, 5) is 0. The largest absolute Gasteiger partial charge is 0.389 e. The zero-order valence-electron chi connectivity index (χ0n) is 4.02. The summed E-state index contributed by atoms with van der Waals surface area (Å²) in [6.07, 6.45) is 0. The van der Waals surface area contributed by atoms with Crippen LogP contribution < -0.4 is 5.73 Å². The van der Waals surface area contributed by atoms with Gasteiger partial charge in [0.15, 0.2) is 5.71 Å². The maximum absolute atomic E-state index is 7.94. The molecule has 0 aliphatic rings. The second kappa shape index (κ2) is 2.56. The summed E-state index contributed by atoms with van der Waals surface area (Å²) >= 11 is 0. The van der Waals surface area contributed by atoms with Crippen LogP contribution in [0.3, 0.4) is 0 Å². The molecule has 0 rings (SSSR count). The summed E-state index contributed by atoms with van der Waals surface area (Å²) in [7, 11) is 0. The third kappa shape index (κ3) is 1.25. The third-order valence-corrected chi connectivity index (χ3v) is 0.516. The highest BCUT2D eigenvalue weighted by Gasteiger charge is 1.93. The molecule has 4 nitrogen and oxygen atoms in total. The Morgan fingerprint density at radius 2 is 2.12 bits per heavy atom. The molecule has 4 N–H and O–H groups in total. The van der Waals surface area contributed by atoms with Crippen LogP contribution in [0.25, 0.3) is 0 Å². The van der Waals surface area contributed by atoms with Crippen LogP contribution in [0.15, 0.2) is 5.70 Å². The minimum atomic E-state index is -0.417. The van der Waals surface area contributed by atoms with E-state index in [1.54, 1.807) is 5.87 Å². The average molecular weight is 108 g/mol. The molecular weight excluding hydrogens is 104 g/mol. The van der Waals surface area contributed by atoms with E-state index in [9.17, 15) is 0 Å². The topological polar surface area (TPSA) is 97.5 Å². The summed E-state index contributed by atoms with van der Waals surface area (Å²) in [6, 6.07) is 1.45. The SMILES string of the molecule is N#CC(=N)C(N)=C=N. The monoisotopic (exact) mass is 108 g/mol. The summed E-state index contributed by atoms with van der Waals surface area (Å²) in [5.74, 6) is 1.71. The molecule has 0 amide bonds. The Kier molecular flexibility index (Phi) is 2.05. The summed E-state index contributed by atoms with van der Waals surface area (Å²) in [5.41, 5.74) is 4.25. The van der Waals surface area contributed by atoms with Gasteiger partial charge in [0.2, 0.25) is 0 Å². The zero-order chi connectivity index (χ0) is 6.57. The number of allylic oxidation sites excluding steroid dienone is 1. The lowest BCUT2D eigenvalue weighted by atomic mass is 10.3. The van der Waals surface area contributed by atoms with Crippen LogP contribution in [0, 0.1) is 22.1 Å². The molecule has 40 valence electrons. The molecule has 0 saturated heterocycles. The lowest BCUT2D eigenvalue weighted by Crippen LogP contribution is -2.07. The van der Waals surface area contributed by atoms with Crippen LogP contribution in [0.2, 0.25) is 0 Å². The van der Waals surface area contributed by atoms with E-state index in [-0.39, 0.29) is 5.70 Å². The van der Waals surface area contributed by atoms with Crippen LogP contribution in [-0.4, -0.2) is 11.6 Å². The number of nitrogens with one attached hydrogen (secondary N) is 2. The summed E-state index contributed by atoms with van der Waals surface area (Å²) in [6.45, 7) is 0. The highest BCUT2D eigenvalue weighted by atomic mass is 14.6. The third-order valence-electron chi connectivity index (χ3n) is 0.516. The van der Waals surface area contributed by atoms with Crippen LogP contribution >= 0.6 is 0 Å². The molecule has 0 atom stereocenters. The van der Waals surface area contributed by atoms with Gasteiger partial charge in [-0.2, -0.15) is 5.26 Å². The molecule has 0 aliphatic carbocycles. The van der Waals surface area contributed by atoms with Crippen molar-refractivity contribution in [1.82, 2.24) is 0 Å². The van der Waals surface area contributed by atoms with E-state index in [0.29, 0.717) is 0 Å². The molecule has 0 radical (unpaired) electrons. The number of nitrogens with zero attached hydrogens (tertiary/aromatic N) is 1. The standard InChI is InChI=1S/C4H4N4/c5-1-3(7)4(8)2-6/h5,8H,7H2. The average Bonchev–Trinajstić information content (AvgIpc) is 1.84. The van der Waals surface area contributed by atoms with Crippen molar-refractivity contribution in [3.8, 4) is 6.07 Å². The van der Waals surface area contributed by atoms with Crippen molar-refractivity contribution >= 4 is 11.6 Å². The Balaban J connectivity index is 4.33. The molecule has 0 aliphatic heterocycles. The highest BCUT2D eigenvalue weighted by Crippen LogP contribution is 1.74. The van der Waals surface area contributed by atoms with Crippen molar-refractivity contribution in [1.29, 1.82) is 16.1 Å². The number of rotatable bonds is 1. The van der Waals surface area contributed by atoms with Gasteiger partial charge < -0.3 is 5.73 Å². The van der Waals surface area contributed by atoms with Crippen molar-refractivity contribution in [3.05, 3.63) is 5.70 Å². The fourth-order valence-corrected chi connectivity index (χ4v) is 0.123. The van der Waals surface area contributed by atoms with Crippen molar-refractivity contribution in [3.63, 3.8) is 0 Å². The zero-order valence-corrected chi connectivity index (χ0v) is 4.02. The Morgan fingerprint density at radius 1 is 1.62 bits per heavy atom. The van der Waals surface area contributed by atoms with Crippen molar-refractivity contribution in [2.45, 2.75) is 0 Å². The fourth-order valence-electron chi connectivity index (χ4n) is 0.123. The molecule has 0 fully saturated rings. The first-order valence-electron chi connectivity index (χ1n) is 1.76. The molecule has 0 heterocycles. The van der Waals surface area contributed by atoms with E-state index in [2.05, 4.69) is 0 Å². The van der Waals surface area contributed by atoms with Crippen molar-refractivity contribution < 1.29 is 0 Å². The molecule has 0 aromatic carbocycles. The van der Waals surface area contributed by atoms with E-state index in [0.717, 1.165) is 0 Å². The van der Waals surface area contributed by atoms with Crippen molar-refractivity contribution in [2.24, 2.45) is 5.73 Å². The lowest BCUT2D eigenvalue weighted by molar-refractivity contribution is 1.41. The molecule has 0 saturated carbocycles. The maximum atomic E-state index is 7.94. The number of hydrogen-bond acceptors (Lipinski definition) is 4. The predicted molar refractivity (Wildman–Crippen MR) is 28.8 cm³/mol. The number of hydrogen-bond donors (Lipinski definition) is 3. The summed E-state index contributed by atoms with van der Waals surface area (Å²) in [5, 5.41) is 20.9. The quantitative estimate of drug-likeness (QED) is 0.399. The van der Waals surface area contributed by atoms with Gasteiger partial charge in [-0.15, -0.1) is 0 Å². The van der Waals surface area contributed by atoms with Gasteiger partial charge in [-0.3, -0.25) is 10.8 Å². The molecule has 0 unspecified atom stereocenters. The Bertz CT molecular complexity index is 191. The first-order chi connectivity index (χ1) is 3.72. The van der Waals surface area contributed by atoms with Gasteiger partial charge in [0.1, 0.15) is 11.8 Å². The molecule has 8 heavy (non-hydrogen) atoms. The van der Waals surface area contributed by atoms with Crippen LogP contribution in [0.4, 0.5) is 0 Å². The van der Waals surface area contributed by atoms with Gasteiger partial charge in [0, 0.05) is 5.87 Å². The van der Waals surface area contributed by atoms with E-state index in [1.807, 2.05) is 0 Å². The molecule has 4 heteroatoms. The smallest absolute Gasteiger partial charge is 0.165 e. The van der Waals surface area contributed by atoms with Gasteiger partial charge in [0.05, 0.1) is 0 Å². The van der Waals surface area contributed by atoms with E-state index in [4.69, 9.17) is 21.8 Å². The van der Waals surface area contributed by atoms with Crippen LogP contribution in [0.1, 0.15) is 0 Å². The fraction of sp³-hybridized carbons (Fsp3) is 0. The Morgan fingerprint density at radius 3 is 2.25 bits per heavy atom. The number of nitrogens with two attached hydrogens (primary N) is 1. The van der Waals surface area contributed by atoms with Crippen molar-refractivity contribution in [2.75, 3.05) is 0 Å². The Hall–Kier alpha value is -1.59. The second-order valence-corrected chi connectivity index (χ2v) is 1.03. The van der Waals surface area contributed by atoms with E-state index >= 15 is 0 Å². The summed E-state index contributed by atoms with van der Waals surface area (Å²) < 4.78 is 0. The van der Waals surface area contributed by atoms with Crippen LogP contribution in [-0.2, 0) is 0 Å². The second-order valence-electron chi connectivity index (χ2n) is 1.03. The predicted octanol–water partition coefficient (Wildman–Crippen LogP) is -0.379.